The van der Waals surface area contributed by atoms with E-state index in [0.717, 1.165) is 5.56 Å². The number of ether oxygens (including phenoxy) is 1. The molecule has 0 aliphatic carbocycles. The minimum Gasteiger partial charge on any atom is -0.341 e. The van der Waals surface area contributed by atoms with Gasteiger partial charge in [-0.25, -0.2) is 10.9 Å². The van der Waals surface area contributed by atoms with E-state index in [4.69, 9.17) is 4.74 Å². The van der Waals surface area contributed by atoms with Crippen LogP contribution < -0.4 is 10.9 Å². The van der Waals surface area contributed by atoms with E-state index in [2.05, 4.69) is 10.9 Å². The highest BCUT2D eigenvalue weighted by Gasteiger charge is 2.14. The summed E-state index contributed by atoms with van der Waals surface area (Å²) in [7, 11) is 0. The molecule has 1 fully saturated rings. The molecule has 1 unspecified atom stereocenters. The fourth-order valence-electron chi connectivity index (χ4n) is 1.11. The largest absolute Gasteiger partial charge is 0.341 e. The second kappa shape index (κ2) is 5.70. The monoisotopic (exact) mass is 180 g/mol. The summed E-state index contributed by atoms with van der Waals surface area (Å²) in [6.07, 6.45) is 0.0104. The van der Waals surface area contributed by atoms with Crippen LogP contribution >= 0.6 is 0 Å². The van der Waals surface area contributed by atoms with Crippen LogP contribution in [0.2, 0.25) is 0 Å². The Bertz CT molecular complexity index is 220. The topological polar surface area (TPSA) is 33.3 Å². The Morgan fingerprint density at radius 3 is 2.46 bits per heavy atom. The van der Waals surface area contributed by atoms with Crippen molar-refractivity contribution in [2.45, 2.75) is 20.1 Å². The minimum atomic E-state index is 0.0104. The third-order valence-electron chi connectivity index (χ3n) is 1.66. The molecule has 3 nitrogen and oxygen atoms in total. The van der Waals surface area contributed by atoms with Gasteiger partial charge >= 0.3 is 0 Å². The number of benzene rings is 1. The van der Waals surface area contributed by atoms with Gasteiger partial charge in [0.15, 0.2) is 0 Å². The van der Waals surface area contributed by atoms with Crippen molar-refractivity contribution in [3.63, 3.8) is 0 Å². The average Bonchev–Trinajstić information content (AvgIpc) is 2.75. The first kappa shape index (κ1) is 10.2. The van der Waals surface area contributed by atoms with Crippen LogP contribution in [0.4, 0.5) is 0 Å². The molecule has 0 bridgehead atoms. The first-order chi connectivity index (χ1) is 6.47. The van der Waals surface area contributed by atoms with Gasteiger partial charge in [-0.1, -0.05) is 44.2 Å². The number of hydrazine groups is 1. The van der Waals surface area contributed by atoms with Crippen LogP contribution in [0.1, 0.15) is 25.6 Å². The molecule has 2 rings (SSSR count). The third kappa shape index (κ3) is 2.81. The lowest BCUT2D eigenvalue weighted by atomic mass is 10.2. The normalized spacial score (nSPS) is 20.6. The molecule has 0 amide bonds. The van der Waals surface area contributed by atoms with Crippen molar-refractivity contribution in [2.24, 2.45) is 0 Å². The van der Waals surface area contributed by atoms with Crippen LogP contribution in [0.3, 0.4) is 0 Å². The molecule has 1 aliphatic rings. The van der Waals surface area contributed by atoms with Gasteiger partial charge in [0, 0.05) is 0 Å². The summed E-state index contributed by atoms with van der Waals surface area (Å²) in [4.78, 5) is 0. The van der Waals surface area contributed by atoms with Gasteiger partial charge in [0.1, 0.15) is 13.0 Å². The van der Waals surface area contributed by atoms with E-state index in [1.807, 2.05) is 44.2 Å². The number of hydrogen-bond donors (Lipinski definition) is 2. The Morgan fingerprint density at radius 1 is 1.23 bits per heavy atom. The number of hydrogen-bond acceptors (Lipinski definition) is 3. The first-order valence-corrected chi connectivity index (χ1v) is 4.62. The Balaban J connectivity index is 0.000000396. The molecule has 0 saturated carbocycles. The van der Waals surface area contributed by atoms with Crippen LogP contribution in [0.5, 0.6) is 0 Å². The fraction of sp³-hybridized carbons (Fsp3) is 0.400. The molecule has 0 spiro atoms. The van der Waals surface area contributed by atoms with Gasteiger partial charge in [0.05, 0.1) is 0 Å². The molecule has 0 radical (unpaired) electrons. The van der Waals surface area contributed by atoms with Crippen molar-refractivity contribution >= 4 is 0 Å². The van der Waals surface area contributed by atoms with Crippen molar-refractivity contribution in [3.05, 3.63) is 35.9 Å². The number of nitrogens with one attached hydrogen (secondary N) is 2. The summed E-state index contributed by atoms with van der Waals surface area (Å²) >= 11 is 0. The van der Waals surface area contributed by atoms with Crippen molar-refractivity contribution in [1.82, 2.24) is 10.9 Å². The molecule has 1 aromatic carbocycles. The Morgan fingerprint density at radius 2 is 1.92 bits per heavy atom. The lowest BCUT2D eigenvalue weighted by Crippen LogP contribution is -2.24. The molecule has 13 heavy (non-hydrogen) atoms. The molecule has 1 atom stereocenters. The second-order valence-corrected chi connectivity index (χ2v) is 2.42. The molecule has 1 heterocycles. The van der Waals surface area contributed by atoms with Gasteiger partial charge in [0.25, 0.3) is 0 Å². The van der Waals surface area contributed by atoms with Crippen molar-refractivity contribution < 1.29 is 4.74 Å². The smallest absolute Gasteiger partial charge is 0.148 e. The zero-order valence-electron chi connectivity index (χ0n) is 8.08. The molecule has 1 aromatic rings. The molecule has 1 aliphatic heterocycles. The van der Waals surface area contributed by atoms with E-state index in [0.29, 0.717) is 6.73 Å². The van der Waals surface area contributed by atoms with Crippen molar-refractivity contribution in [1.29, 1.82) is 0 Å². The van der Waals surface area contributed by atoms with E-state index in [1.54, 1.807) is 0 Å². The Kier molecular flexibility index (Phi) is 4.46. The predicted octanol–water partition coefficient (Wildman–Crippen LogP) is 1.79. The van der Waals surface area contributed by atoms with Crippen molar-refractivity contribution in [3.8, 4) is 0 Å². The van der Waals surface area contributed by atoms with Crippen LogP contribution in [0, 0.1) is 0 Å². The summed E-state index contributed by atoms with van der Waals surface area (Å²) in [5.74, 6) is 0. The summed E-state index contributed by atoms with van der Waals surface area (Å²) in [6.45, 7) is 4.57. The minimum absolute atomic E-state index is 0.0104. The summed E-state index contributed by atoms with van der Waals surface area (Å²) in [5.41, 5.74) is 7.05. The molecule has 3 heteroatoms. The highest BCUT2D eigenvalue weighted by Crippen LogP contribution is 2.14. The molecular formula is C10H16N2O. The van der Waals surface area contributed by atoms with Crippen LogP contribution in [-0.4, -0.2) is 6.73 Å². The molecule has 2 N–H and O–H groups in total. The van der Waals surface area contributed by atoms with Gasteiger partial charge in [-0.05, 0) is 5.56 Å². The van der Waals surface area contributed by atoms with Crippen LogP contribution in [0.15, 0.2) is 30.3 Å². The lowest BCUT2D eigenvalue weighted by Gasteiger charge is -2.07. The van der Waals surface area contributed by atoms with E-state index < -0.39 is 0 Å². The zero-order valence-corrected chi connectivity index (χ0v) is 8.08. The summed E-state index contributed by atoms with van der Waals surface area (Å²) in [6, 6.07) is 10.1. The van der Waals surface area contributed by atoms with E-state index in [1.165, 1.54) is 0 Å². The third-order valence-corrected chi connectivity index (χ3v) is 1.66. The predicted molar refractivity (Wildman–Crippen MR) is 52.8 cm³/mol. The van der Waals surface area contributed by atoms with E-state index in [9.17, 15) is 0 Å². The summed E-state index contributed by atoms with van der Waals surface area (Å²) < 4.78 is 5.32. The standard InChI is InChI=1S/C8H10N2O.C2H6/c1-2-4-7(5-3-1)8-10-9-6-11-8;1-2/h1-5,8-10H,6H2;1-2H3. The highest BCUT2D eigenvalue weighted by atomic mass is 16.5. The highest BCUT2D eigenvalue weighted by molar-refractivity contribution is 5.17. The van der Waals surface area contributed by atoms with Crippen LogP contribution in [-0.2, 0) is 4.74 Å². The molecule has 72 valence electrons. The first-order valence-electron chi connectivity index (χ1n) is 4.62. The van der Waals surface area contributed by atoms with Gasteiger partial charge in [0.2, 0.25) is 0 Å². The second-order valence-electron chi connectivity index (χ2n) is 2.42. The van der Waals surface area contributed by atoms with E-state index in [-0.39, 0.29) is 6.23 Å². The van der Waals surface area contributed by atoms with Crippen LogP contribution in [0.25, 0.3) is 0 Å². The molecule has 1 saturated heterocycles. The fourth-order valence-corrected chi connectivity index (χ4v) is 1.11. The maximum Gasteiger partial charge on any atom is 0.148 e. The SMILES string of the molecule is CC.c1ccc(C2NNCO2)cc1. The van der Waals surface area contributed by atoms with E-state index >= 15 is 0 Å². The maximum atomic E-state index is 5.32. The lowest BCUT2D eigenvalue weighted by molar-refractivity contribution is 0.100. The van der Waals surface area contributed by atoms with Gasteiger partial charge in [-0.3, -0.25) is 0 Å². The molecular weight excluding hydrogens is 164 g/mol. The van der Waals surface area contributed by atoms with Gasteiger partial charge in [-0.2, -0.15) is 0 Å². The zero-order chi connectivity index (χ0) is 9.52. The maximum absolute atomic E-state index is 5.32. The Hall–Kier alpha value is -0.900. The summed E-state index contributed by atoms with van der Waals surface area (Å²) in [5, 5.41) is 0. The quantitative estimate of drug-likeness (QED) is 0.691. The average molecular weight is 180 g/mol. The van der Waals surface area contributed by atoms with Gasteiger partial charge in [-0.15, -0.1) is 0 Å². The molecule has 0 aromatic heterocycles. The number of rotatable bonds is 1. The Labute approximate surface area is 79.1 Å². The van der Waals surface area contributed by atoms with Gasteiger partial charge < -0.3 is 4.74 Å². The van der Waals surface area contributed by atoms with Crippen molar-refractivity contribution in [2.75, 3.05) is 6.73 Å².